The van der Waals surface area contributed by atoms with E-state index in [0.717, 1.165) is 10.9 Å². The minimum atomic E-state index is 1.01. The second-order valence-corrected chi connectivity index (χ2v) is 11.6. The maximum Gasteiger partial charge on any atom is 0.0702 e. The molecule has 1 heteroatoms. The van der Waals surface area contributed by atoms with Gasteiger partial charge in [0.05, 0.1) is 5.52 Å². The Morgan fingerprint density at radius 3 is 1.57 bits per heavy atom. The summed E-state index contributed by atoms with van der Waals surface area (Å²) in [5, 5.41) is 8.90. The molecule has 8 aromatic carbocycles. The Kier molecular flexibility index (Phi) is 5.57. The van der Waals surface area contributed by atoms with E-state index in [4.69, 9.17) is 0 Å². The van der Waals surface area contributed by atoms with E-state index in [9.17, 15) is 0 Å². The molecule has 44 heavy (non-hydrogen) atoms. The number of nitrogens with zero attached hydrogens (tertiary/aromatic N) is 1. The minimum Gasteiger partial charge on any atom is -0.256 e. The Bertz CT molecular complexity index is 2400. The molecule has 0 unspecified atom stereocenters. The van der Waals surface area contributed by atoms with Crippen LogP contribution in [0.25, 0.3) is 87.7 Å². The summed E-state index contributed by atoms with van der Waals surface area (Å²) in [6, 6.07) is 57.6. The lowest BCUT2D eigenvalue weighted by Crippen LogP contribution is -1.92. The summed E-state index contributed by atoms with van der Waals surface area (Å²) in [5.74, 6) is 0. The molecule has 0 bridgehead atoms. The van der Waals surface area contributed by atoms with Crippen molar-refractivity contribution in [2.75, 3.05) is 0 Å². The quantitative estimate of drug-likeness (QED) is 0.196. The summed E-state index contributed by atoms with van der Waals surface area (Å²) in [7, 11) is 0. The summed E-state index contributed by atoms with van der Waals surface area (Å²) in [5.41, 5.74) is 10.8. The molecule has 0 fully saturated rings. The van der Waals surface area contributed by atoms with E-state index in [1.807, 2.05) is 12.3 Å². The average molecular weight is 558 g/mol. The lowest BCUT2D eigenvalue weighted by molar-refractivity contribution is 1.41. The van der Waals surface area contributed by atoms with Crippen LogP contribution in [0.5, 0.6) is 0 Å². The molecule has 0 atom stereocenters. The number of benzene rings is 8. The van der Waals surface area contributed by atoms with Crippen molar-refractivity contribution in [1.82, 2.24) is 4.98 Å². The molecule has 0 aliphatic rings. The van der Waals surface area contributed by atoms with Crippen LogP contribution in [0.1, 0.15) is 0 Å². The Morgan fingerprint density at radius 2 is 0.909 bits per heavy atom. The molecule has 0 spiro atoms. The molecule has 0 aliphatic carbocycles. The normalized spacial score (nSPS) is 11.6. The van der Waals surface area contributed by atoms with E-state index < -0.39 is 0 Å². The van der Waals surface area contributed by atoms with Gasteiger partial charge in [0.1, 0.15) is 0 Å². The number of pyridine rings is 1. The molecule has 0 amide bonds. The van der Waals surface area contributed by atoms with Crippen LogP contribution in [0.3, 0.4) is 0 Å². The van der Waals surface area contributed by atoms with Gasteiger partial charge in [0.25, 0.3) is 0 Å². The zero-order valence-corrected chi connectivity index (χ0v) is 24.0. The van der Waals surface area contributed by atoms with Crippen LogP contribution in [-0.4, -0.2) is 4.98 Å². The number of fused-ring (bicyclic) bond motifs is 1. The first-order valence-corrected chi connectivity index (χ1v) is 15.1. The topological polar surface area (TPSA) is 12.9 Å². The van der Waals surface area contributed by atoms with E-state index in [1.165, 1.54) is 76.8 Å². The molecule has 9 aromatic rings. The number of hydrogen-bond donors (Lipinski definition) is 0. The highest BCUT2D eigenvalue weighted by atomic mass is 14.6. The van der Waals surface area contributed by atoms with Crippen molar-refractivity contribution >= 4 is 43.2 Å². The molecule has 1 nitrogen and oxygen atoms in total. The van der Waals surface area contributed by atoms with Gasteiger partial charge in [-0.25, -0.2) is 0 Å². The third kappa shape index (κ3) is 3.98. The molecule has 1 heterocycles. The van der Waals surface area contributed by atoms with Gasteiger partial charge in [-0.15, -0.1) is 0 Å². The van der Waals surface area contributed by atoms with Crippen molar-refractivity contribution < 1.29 is 0 Å². The third-order valence-electron chi connectivity index (χ3n) is 9.02. The van der Waals surface area contributed by atoms with Gasteiger partial charge in [0.2, 0.25) is 0 Å². The number of rotatable bonds is 4. The van der Waals surface area contributed by atoms with E-state index >= 15 is 0 Å². The number of aromatic nitrogens is 1. The monoisotopic (exact) mass is 557 g/mol. The predicted molar refractivity (Wildman–Crippen MR) is 187 cm³/mol. The largest absolute Gasteiger partial charge is 0.256 e. The average Bonchev–Trinajstić information content (AvgIpc) is 3.10. The second kappa shape index (κ2) is 9.90. The molecule has 0 saturated heterocycles. The van der Waals surface area contributed by atoms with Crippen LogP contribution in [0, 0.1) is 0 Å². The smallest absolute Gasteiger partial charge is 0.0702 e. The van der Waals surface area contributed by atoms with E-state index in [2.05, 4.69) is 157 Å². The Hall–Kier alpha value is -5.79. The van der Waals surface area contributed by atoms with Gasteiger partial charge in [0.15, 0.2) is 0 Å². The SMILES string of the molecule is c1ccc(-c2cc(-c3ccccc3)cc(-c3cc(-c4ccc5ncccc5c4)c4ccc5cccc6ccc3c4c65)c2)cc1. The van der Waals surface area contributed by atoms with Gasteiger partial charge >= 0.3 is 0 Å². The predicted octanol–water partition coefficient (Wildman–Crippen LogP) is 11.8. The standard InChI is InChI=1S/C43H27N/c1-3-9-28(10-4-1)34-24-35(29-11-5-2-6-12-29)26-36(25-34)40-27-39(32-18-21-41-33(23-32)15-8-22-44-41)37-19-16-30-13-7-14-31-17-20-38(40)43(37)42(30)31/h1-27H. The summed E-state index contributed by atoms with van der Waals surface area (Å²) in [6.45, 7) is 0. The summed E-state index contributed by atoms with van der Waals surface area (Å²) in [6.07, 6.45) is 1.86. The van der Waals surface area contributed by atoms with Gasteiger partial charge in [0, 0.05) is 11.6 Å². The molecule has 0 saturated carbocycles. The van der Waals surface area contributed by atoms with Crippen LogP contribution in [0.15, 0.2) is 164 Å². The van der Waals surface area contributed by atoms with Gasteiger partial charge in [-0.3, -0.25) is 4.98 Å². The third-order valence-corrected chi connectivity index (χ3v) is 9.02. The highest BCUT2D eigenvalue weighted by molar-refractivity contribution is 6.28. The van der Waals surface area contributed by atoms with Crippen molar-refractivity contribution in [3.8, 4) is 44.5 Å². The van der Waals surface area contributed by atoms with E-state index in [-0.39, 0.29) is 0 Å². The highest BCUT2D eigenvalue weighted by Gasteiger charge is 2.18. The van der Waals surface area contributed by atoms with Gasteiger partial charge in [-0.1, -0.05) is 115 Å². The fraction of sp³-hybridized carbons (Fsp3) is 0. The van der Waals surface area contributed by atoms with Crippen molar-refractivity contribution in [2.24, 2.45) is 0 Å². The Balaban J connectivity index is 1.40. The van der Waals surface area contributed by atoms with Crippen molar-refractivity contribution in [3.05, 3.63) is 164 Å². The fourth-order valence-corrected chi connectivity index (χ4v) is 6.93. The maximum atomic E-state index is 4.59. The van der Waals surface area contributed by atoms with Crippen LogP contribution < -0.4 is 0 Å². The Morgan fingerprint density at radius 1 is 0.318 bits per heavy atom. The highest BCUT2D eigenvalue weighted by Crippen LogP contribution is 2.45. The molecule has 204 valence electrons. The lowest BCUT2D eigenvalue weighted by Gasteiger charge is -2.19. The zero-order chi connectivity index (χ0) is 29.0. The van der Waals surface area contributed by atoms with Crippen LogP contribution in [0.2, 0.25) is 0 Å². The molecular formula is C43H27N. The molecule has 1 aromatic heterocycles. The summed E-state index contributed by atoms with van der Waals surface area (Å²) >= 11 is 0. The van der Waals surface area contributed by atoms with Gasteiger partial charge in [-0.2, -0.15) is 0 Å². The van der Waals surface area contributed by atoms with E-state index in [1.54, 1.807) is 0 Å². The van der Waals surface area contributed by atoms with E-state index in [0.29, 0.717) is 0 Å². The molecule has 0 aliphatic heterocycles. The molecular weight excluding hydrogens is 530 g/mol. The van der Waals surface area contributed by atoms with Crippen LogP contribution in [0.4, 0.5) is 0 Å². The van der Waals surface area contributed by atoms with Crippen LogP contribution in [-0.2, 0) is 0 Å². The first-order chi connectivity index (χ1) is 21.8. The lowest BCUT2D eigenvalue weighted by atomic mass is 9.84. The summed E-state index contributed by atoms with van der Waals surface area (Å²) in [4.78, 5) is 4.59. The first kappa shape index (κ1) is 24.8. The molecule has 9 rings (SSSR count). The first-order valence-electron chi connectivity index (χ1n) is 15.1. The second-order valence-electron chi connectivity index (χ2n) is 11.6. The van der Waals surface area contributed by atoms with Crippen LogP contribution >= 0.6 is 0 Å². The van der Waals surface area contributed by atoms with Crippen molar-refractivity contribution in [1.29, 1.82) is 0 Å². The summed E-state index contributed by atoms with van der Waals surface area (Å²) < 4.78 is 0. The fourth-order valence-electron chi connectivity index (χ4n) is 6.93. The number of hydrogen-bond acceptors (Lipinski definition) is 1. The molecule has 0 N–H and O–H groups in total. The van der Waals surface area contributed by atoms with Gasteiger partial charge < -0.3 is 0 Å². The zero-order valence-electron chi connectivity index (χ0n) is 24.0. The molecule has 0 radical (unpaired) electrons. The maximum absolute atomic E-state index is 4.59. The Labute approximate surface area is 256 Å². The van der Waals surface area contributed by atoms with Crippen molar-refractivity contribution in [2.45, 2.75) is 0 Å². The van der Waals surface area contributed by atoms with Gasteiger partial charge in [-0.05, 0) is 119 Å². The van der Waals surface area contributed by atoms with Crippen molar-refractivity contribution in [3.63, 3.8) is 0 Å². The minimum absolute atomic E-state index is 1.01.